The Morgan fingerprint density at radius 3 is 2.67 bits per heavy atom. The molecule has 1 aliphatic rings. The summed E-state index contributed by atoms with van der Waals surface area (Å²) in [5.41, 5.74) is 0. The van der Waals surface area contributed by atoms with Crippen LogP contribution in [-0.2, 0) is 4.74 Å². The zero-order valence-corrected chi connectivity index (χ0v) is 8.16. The highest BCUT2D eigenvalue weighted by atomic mass is 16.5. The molecule has 0 bridgehead atoms. The van der Waals surface area contributed by atoms with Gasteiger partial charge in [-0.15, -0.1) is 0 Å². The van der Waals surface area contributed by atoms with E-state index in [0.717, 1.165) is 19.8 Å². The summed E-state index contributed by atoms with van der Waals surface area (Å²) in [4.78, 5) is 2.30. The molecule has 3 heteroatoms. The van der Waals surface area contributed by atoms with E-state index in [9.17, 15) is 5.11 Å². The molecule has 0 aromatic heterocycles. The molecule has 3 unspecified atom stereocenters. The van der Waals surface area contributed by atoms with Gasteiger partial charge in [-0.05, 0) is 20.8 Å². The Balaban J connectivity index is 2.47. The van der Waals surface area contributed by atoms with Crippen LogP contribution in [0, 0.1) is 0 Å². The second kappa shape index (κ2) is 4.21. The van der Waals surface area contributed by atoms with Crippen molar-refractivity contribution in [1.29, 1.82) is 0 Å². The Morgan fingerprint density at radius 1 is 1.50 bits per heavy atom. The molecule has 0 spiro atoms. The summed E-state index contributed by atoms with van der Waals surface area (Å²) in [5.74, 6) is 0. The minimum absolute atomic E-state index is 0.240. The van der Waals surface area contributed by atoms with Gasteiger partial charge in [0.15, 0.2) is 0 Å². The summed E-state index contributed by atoms with van der Waals surface area (Å²) >= 11 is 0. The van der Waals surface area contributed by atoms with Crippen LogP contribution in [-0.4, -0.2) is 48.0 Å². The maximum atomic E-state index is 9.41. The van der Waals surface area contributed by atoms with E-state index in [1.54, 1.807) is 0 Å². The molecular weight excluding hydrogens is 154 g/mol. The minimum atomic E-state index is -0.259. The first kappa shape index (κ1) is 9.96. The summed E-state index contributed by atoms with van der Waals surface area (Å²) in [7, 11) is 0. The van der Waals surface area contributed by atoms with Gasteiger partial charge >= 0.3 is 0 Å². The van der Waals surface area contributed by atoms with Crippen LogP contribution < -0.4 is 0 Å². The first-order valence-corrected chi connectivity index (χ1v) is 4.64. The maximum Gasteiger partial charge on any atom is 0.0664 e. The Labute approximate surface area is 74.3 Å². The summed E-state index contributed by atoms with van der Waals surface area (Å²) < 4.78 is 5.32. The lowest BCUT2D eigenvalue weighted by molar-refractivity contribution is -0.0445. The number of morpholine rings is 1. The monoisotopic (exact) mass is 173 g/mol. The van der Waals surface area contributed by atoms with Gasteiger partial charge in [-0.1, -0.05) is 0 Å². The Kier molecular flexibility index (Phi) is 3.50. The lowest BCUT2D eigenvalue weighted by Gasteiger charge is -2.38. The number of rotatable bonds is 2. The van der Waals surface area contributed by atoms with Crippen LogP contribution >= 0.6 is 0 Å². The Morgan fingerprint density at radius 2 is 2.17 bits per heavy atom. The topological polar surface area (TPSA) is 32.7 Å². The SMILES string of the molecule is CC(O)C(C)N1CCOCC1C. The van der Waals surface area contributed by atoms with E-state index in [1.165, 1.54) is 0 Å². The van der Waals surface area contributed by atoms with Crippen molar-refractivity contribution in [3.05, 3.63) is 0 Å². The average Bonchev–Trinajstić information content (AvgIpc) is 2.04. The number of aliphatic hydroxyl groups is 1. The zero-order chi connectivity index (χ0) is 9.14. The number of nitrogens with zero attached hydrogens (tertiary/aromatic N) is 1. The van der Waals surface area contributed by atoms with Gasteiger partial charge in [0.2, 0.25) is 0 Å². The highest BCUT2D eigenvalue weighted by Crippen LogP contribution is 2.12. The fraction of sp³-hybridized carbons (Fsp3) is 1.00. The predicted molar refractivity (Wildman–Crippen MR) is 48.1 cm³/mol. The molecule has 0 amide bonds. The van der Waals surface area contributed by atoms with E-state index in [0.29, 0.717) is 6.04 Å². The first-order chi connectivity index (χ1) is 5.63. The van der Waals surface area contributed by atoms with Gasteiger partial charge in [-0.2, -0.15) is 0 Å². The number of aliphatic hydroxyl groups excluding tert-OH is 1. The van der Waals surface area contributed by atoms with Gasteiger partial charge in [0, 0.05) is 18.6 Å². The zero-order valence-electron chi connectivity index (χ0n) is 8.16. The van der Waals surface area contributed by atoms with Crippen LogP contribution in [0.15, 0.2) is 0 Å². The van der Waals surface area contributed by atoms with Crippen LogP contribution in [0.4, 0.5) is 0 Å². The van der Waals surface area contributed by atoms with Gasteiger partial charge in [-0.25, -0.2) is 0 Å². The first-order valence-electron chi connectivity index (χ1n) is 4.64. The largest absolute Gasteiger partial charge is 0.392 e. The van der Waals surface area contributed by atoms with E-state index in [4.69, 9.17) is 4.74 Å². The third kappa shape index (κ3) is 2.19. The molecule has 1 heterocycles. The van der Waals surface area contributed by atoms with Gasteiger partial charge in [0.1, 0.15) is 0 Å². The normalized spacial score (nSPS) is 31.5. The van der Waals surface area contributed by atoms with E-state index >= 15 is 0 Å². The molecular formula is C9H19NO2. The number of hydrogen-bond acceptors (Lipinski definition) is 3. The van der Waals surface area contributed by atoms with Crippen LogP contribution in [0.1, 0.15) is 20.8 Å². The van der Waals surface area contributed by atoms with Crippen molar-refractivity contribution < 1.29 is 9.84 Å². The van der Waals surface area contributed by atoms with Crippen LogP contribution in [0.5, 0.6) is 0 Å². The van der Waals surface area contributed by atoms with Gasteiger partial charge < -0.3 is 9.84 Å². The molecule has 1 saturated heterocycles. The standard InChI is InChI=1S/C9H19NO2/c1-7-6-12-5-4-10(7)8(2)9(3)11/h7-9,11H,4-6H2,1-3H3. The van der Waals surface area contributed by atoms with Crippen molar-refractivity contribution in [2.45, 2.75) is 39.0 Å². The molecule has 12 heavy (non-hydrogen) atoms. The van der Waals surface area contributed by atoms with E-state index < -0.39 is 0 Å². The third-order valence-electron chi connectivity index (χ3n) is 2.64. The van der Waals surface area contributed by atoms with E-state index in [1.807, 2.05) is 6.92 Å². The summed E-state index contributed by atoms with van der Waals surface area (Å²) in [5, 5.41) is 9.41. The van der Waals surface area contributed by atoms with Gasteiger partial charge in [0.05, 0.1) is 19.3 Å². The van der Waals surface area contributed by atoms with Crippen LogP contribution in [0.3, 0.4) is 0 Å². The van der Waals surface area contributed by atoms with E-state index in [-0.39, 0.29) is 12.1 Å². The van der Waals surface area contributed by atoms with Crippen molar-refractivity contribution in [3.8, 4) is 0 Å². The summed E-state index contributed by atoms with van der Waals surface area (Å²) in [6.45, 7) is 8.56. The summed E-state index contributed by atoms with van der Waals surface area (Å²) in [6.07, 6.45) is -0.259. The molecule has 1 rings (SSSR count). The second-order valence-corrected chi connectivity index (χ2v) is 3.64. The lowest BCUT2D eigenvalue weighted by atomic mass is 10.1. The molecule has 0 saturated carbocycles. The molecule has 1 N–H and O–H groups in total. The molecule has 0 aromatic rings. The average molecular weight is 173 g/mol. The fourth-order valence-electron chi connectivity index (χ4n) is 1.62. The molecule has 3 atom stereocenters. The highest BCUT2D eigenvalue weighted by Gasteiger charge is 2.25. The minimum Gasteiger partial charge on any atom is -0.392 e. The molecule has 1 fully saturated rings. The van der Waals surface area contributed by atoms with Crippen molar-refractivity contribution in [2.75, 3.05) is 19.8 Å². The lowest BCUT2D eigenvalue weighted by Crippen LogP contribution is -2.51. The Bertz CT molecular complexity index is 138. The smallest absolute Gasteiger partial charge is 0.0664 e. The quantitative estimate of drug-likeness (QED) is 0.659. The molecule has 3 nitrogen and oxygen atoms in total. The highest BCUT2D eigenvalue weighted by molar-refractivity contribution is 4.79. The van der Waals surface area contributed by atoms with Gasteiger partial charge in [-0.3, -0.25) is 4.90 Å². The molecule has 0 aromatic carbocycles. The predicted octanol–water partition coefficient (Wildman–Crippen LogP) is 0.476. The van der Waals surface area contributed by atoms with Crippen molar-refractivity contribution in [1.82, 2.24) is 4.90 Å². The number of hydrogen-bond donors (Lipinski definition) is 1. The third-order valence-corrected chi connectivity index (χ3v) is 2.64. The van der Waals surface area contributed by atoms with Gasteiger partial charge in [0.25, 0.3) is 0 Å². The van der Waals surface area contributed by atoms with Crippen molar-refractivity contribution in [2.24, 2.45) is 0 Å². The molecule has 1 aliphatic heterocycles. The van der Waals surface area contributed by atoms with E-state index in [2.05, 4.69) is 18.7 Å². The molecule has 72 valence electrons. The Hall–Kier alpha value is -0.120. The van der Waals surface area contributed by atoms with Crippen molar-refractivity contribution >= 4 is 0 Å². The fourth-order valence-corrected chi connectivity index (χ4v) is 1.62. The molecule has 0 aliphatic carbocycles. The maximum absolute atomic E-state index is 9.41. The number of ether oxygens (including phenoxy) is 1. The second-order valence-electron chi connectivity index (χ2n) is 3.64. The summed E-state index contributed by atoms with van der Waals surface area (Å²) in [6, 6.07) is 0.673. The van der Waals surface area contributed by atoms with Crippen molar-refractivity contribution in [3.63, 3.8) is 0 Å². The van der Waals surface area contributed by atoms with Crippen LogP contribution in [0.25, 0.3) is 0 Å². The van der Waals surface area contributed by atoms with Crippen LogP contribution in [0.2, 0.25) is 0 Å². The molecule has 0 radical (unpaired) electrons.